The number of carboxylic acids is 1. The predicted octanol–water partition coefficient (Wildman–Crippen LogP) is 5.03. The summed E-state index contributed by atoms with van der Waals surface area (Å²) < 4.78 is 0. The molecule has 0 fully saturated rings. The fourth-order valence-electron chi connectivity index (χ4n) is 2.94. The molecule has 0 bridgehead atoms. The Morgan fingerprint density at radius 1 is 0.812 bits per heavy atom. The molecule has 0 aromatic carbocycles. The third-order valence-electron chi connectivity index (χ3n) is 4.74. The van der Waals surface area contributed by atoms with Crippen molar-refractivity contribution in [3.05, 3.63) is 24.8 Å². The molecule has 0 spiro atoms. The molecule has 0 radical (unpaired) electrons. The van der Waals surface area contributed by atoms with E-state index in [-0.39, 0.29) is 26.3 Å². The van der Waals surface area contributed by atoms with Crippen LogP contribution in [0.3, 0.4) is 0 Å². The lowest BCUT2D eigenvalue weighted by Crippen LogP contribution is -2.31. The number of unbranched alkanes of at least 4 members (excludes halogenated alkanes) is 11. The van der Waals surface area contributed by atoms with E-state index in [2.05, 4.69) is 30.5 Å². The quantitative estimate of drug-likeness (QED) is 0.0960. The Hall–Kier alpha value is -1.70. The maximum Gasteiger partial charge on any atom is 0.349 e. The van der Waals surface area contributed by atoms with Crippen LogP contribution in [-0.4, -0.2) is 58.6 Å². The number of hydrogen-bond acceptors (Lipinski definition) is 6. The maximum atomic E-state index is 10.6. The lowest BCUT2D eigenvalue weighted by atomic mass is 10.1. The van der Waals surface area contributed by atoms with Gasteiger partial charge in [0.25, 0.3) is 0 Å². The second-order valence-electron chi connectivity index (χ2n) is 7.72. The summed E-state index contributed by atoms with van der Waals surface area (Å²) in [5.74, 6) is -1.26. The van der Waals surface area contributed by atoms with E-state index < -0.39 is 11.9 Å². The van der Waals surface area contributed by atoms with Crippen LogP contribution in [0, 0.1) is 0 Å². The summed E-state index contributed by atoms with van der Waals surface area (Å²) in [6, 6.07) is 0. The van der Waals surface area contributed by atoms with Crippen molar-refractivity contribution in [1.29, 1.82) is 0 Å². The topological polar surface area (TPSA) is 107 Å². The van der Waals surface area contributed by atoms with E-state index in [1.165, 1.54) is 75.7 Å². The molecule has 0 saturated carbocycles. The Balaban J connectivity index is 0. The SMILES string of the molecule is C=CC(=O)ON(CCO)CCO.CCCCCCCC/C=C\CCCCCCCC(=O)O. The van der Waals surface area contributed by atoms with Gasteiger partial charge in [0.1, 0.15) is 0 Å². The summed E-state index contributed by atoms with van der Waals surface area (Å²) in [7, 11) is 0. The van der Waals surface area contributed by atoms with Crippen molar-refractivity contribution in [3.8, 4) is 0 Å². The molecule has 188 valence electrons. The number of nitrogens with zero attached hydrogens (tertiary/aromatic N) is 1. The van der Waals surface area contributed by atoms with Gasteiger partial charge in [-0.1, -0.05) is 77.0 Å². The summed E-state index contributed by atoms with van der Waals surface area (Å²) in [5.41, 5.74) is 0. The Kier molecular flexibility index (Phi) is 27.7. The summed E-state index contributed by atoms with van der Waals surface area (Å²) in [6.45, 7) is 5.56. The second kappa shape index (κ2) is 27.3. The second-order valence-corrected chi connectivity index (χ2v) is 7.72. The van der Waals surface area contributed by atoms with Crippen LogP contribution in [0.25, 0.3) is 0 Å². The van der Waals surface area contributed by atoms with Crippen LogP contribution in [0.5, 0.6) is 0 Å². The number of carbonyl (C=O) groups is 2. The number of carbonyl (C=O) groups excluding carboxylic acids is 1. The smallest absolute Gasteiger partial charge is 0.349 e. The highest BCUT2D eigenvalue weighted by Crippen LogP contribution is 2.09. The fourth-order valence-corrected chi connectivity index (χ4v) is 2.94. The van der Waals surface area contributed by atoms with Crippen molar-refractivity contribution in [1.82, 2.24) is 5.06 Å². The molecule has 0 unspecified atom stereocenters. The van der Waals surface area contributed by atoms with Gasteiger partial charge in [0.2, 0.25) is 0 Å². The number of carboxylic acid groups (broad SMARTS) is 1. The first-order valence-electron chi connectivity index (χ1n) is 12.2. The molecule has 0 rings (SSSR count). The van der Waals surface area contributed by atoms with Crippen molar-refractivity contribution in [3.63, 3.8) is 0 Å². The van der Waals surface area contributed by atoms with E-state index in [9.17, 15) is 9.59 Å². The molecule has 0 atom stereocenters. The Morgan fingerprint density at radius 2 is 1.28 bits per heavy atom. The van der Waals surface area contributed by atoms with Crippen molar-refractivity contribution < 1.29 is 29.7 Å². The molecule has 0 aliphatic carbocycles. The predicted molar refractivity (Wildman–Crippen MR) is 129 cm³/mol. The minimum atomic E-state index is -0.664. The minimum Gasteiger partial charge on any atom is -0.481 e. The van der Waals surface area contributed by atoms with E-state index in [1.54, 1.807) is 0 Å². The fraction of sp³-hybridized carbons (Fsp3) is 0.760. The van der Waals surface area contributed by atoms with Gasteiger partial charge in [-0.05, 0) is 32.1 Å². The van der Waals surface area contributed by atoms with Crippen LogP contribution in [0.4, 0.5) is 0 Å². The summed E-state index contributed by atoms with van der Waals surface area (Å²) in [6.07, 6.45) is 22.3. The molecule has 0 aromatic rings. The zero-order chi connectivity index (χ0) is 24.3. The molecule has 0 aromatic heterocycles. The molecule has 0 heterocycles. The normalized spacial score (nSPS) is 10.8. The Bertz CT molecular complexity index is 461. The molecule has 7 heteroatoms. The highest BCUT2D eigenvalue weighted by atomic mass is 16.7. The summed E-state index contributed by atoms with van der Waals surface area (Å²) >= 11 is 0. The summed E-state index contributed by atoms with van der Waals surface area (Å²) in [4.78, 5) is 25.6. The first-order chi connectivity index (χ1) is 15.5. The molecule has 3 N–H and O–H groups in total. The van der Waals surface area contributed by atoms with Gasteiger partial charge in [-0.25, -0.2) is 4.79 Å². The lowest BCUT2D eigenvalue weighted by molar-refractivity contribution is -0.187. The van der Waals surface area contributed by atoms with Crippen LogP contribution in [0.15, 0.2) is 24.8 Å². The van der Waals surface area contributed by atoms with Gasteiger partial charge in [0, 0.05) is 12.5 Å². The van der Waals surface area contributed by atoms with Gasteiger partial charge >= 0.3 is 11.9 Å². The van der Waals surface area contributed by atoms with Crippen molar-refractivity contribution >= 4 is 11.9 Å². The van der Waals surface area contributed by atoms with E-state index in [0.717, 1.165) is 18.9 Å². The van der Waals surface area contributed by atoms with Crippen molar-refractivity contribution in [2.75, 3.05) is 26.3 Å². The largest absolute Gasteiger partial charge is 0.481 e. The minimum absolute atomic E-state index is 0.135. The molecule has 0 saturated heterocycles. The number of hydrogen-bond donors (Lipinski definition) is 3. The molecular formula is C25H47NO6. The van der Waals surface area contributed by atoms with E-state index in [0.29, 0.717) is 6.42 Å². The van der Waals surface area contributed by atoms with Crippen molar-refractivity contribution in [2.24, 2.45) is 0 Å². The standard InChI is InChI=1S/C18H34O2.C7H13NO4/c1-2-3-4-5-6-7-8-9-10-11-12-13-14-15-16-17-18(19)20;1-2-7(11)12-8(3-5-9)4-6-10/h9-10H,2-8,11-17H2,1H3,(H,19,20);2,9-10H,1,3-6H2/b10-9-;. The molecule has 0 aliphatic rings. The van der Waals surface area contributed by atoms with Crippen LogP contribution in [0.1, 0.15) is 96.8 Å². The van der Waals surface area contributed by atoms with Gasteiger partial charge in [0.15, 0.2) is 0 Å². The van der Waals surface area contributed by atoms with Gasteiger partial charge < -0.3 is 20.2 Å². The number of aliphatic hydroxyl groups excluding tert-OH is 2. The lowest BCUT2D eigenvalue weighted by Gasteiger charge is -2.17. The number of aliphatic hydroxyl groups is 2. The highest BCUT2D eigenvalue weighted by molar-refractivity contribution is 5.80. The molecule has 32 heavy (non-hydrogen) atoms. The van der Waals surface area contributed by atoms with Crippen LogP contribution >= 0.6 is 0 Å². The number of rotatable bonds is 21. The number of hydroxylamine groups is 2. The summed E-state index contributed by atoms with van der Waals surface area (Å²) in [5, 5.41) is 26.7. The van der Waals surface area contributed by atoms with Crippen LogP contribution in [0.2, 0.25) is 0 Å². The number of allylic oxidation sites excluding steroid dienone is 2. The van der Waals surface area contributed by atoms with E-state index >= 15 is 0 Å². The van der Waals surface area contributed by atoms with E-state index in [4.69, 9.17) is 15.3 Å². The van der Waals surface area contributed by atoms with Gasteiger partial charge in [-0.3, -0.25) is 4.79 Å². The van der Waals surface area contributed by atoms with Crippen molar-refractivity contribution in [2.45, 2.75) is 96.8 Å². The monoisotopic (exact) mass is 457 g/mol. The third kappa shape index (κ3) is 28.3. The maximum absolute atomic E-state index is 10.6. The number of aliphatic carboxylic acids is 1. The molecule has 0 amide bonds. The molecule has 0 aliphatic heterocycles. The zero-order valence-corrected chi connectivity index (χ0v) is 20.2. The van der Waals surface area contributed by atoms with Gasteiger partial charge in [-0.15, -0.1) is 5.06 Å². The van der Waals surface area contributed by atoms with Crippen LogP contribution < -0.4 is 0 Å². The third-order valence-corrected chi connectivity index (χ3v) is 4.74. The van der Waals surface area contributed by atoms with E-state index in [1.807, 2.05) is 0 Å². The first kappa shape index (κ1) is 32.5. The van der Waals surface area contributed by atoms with Gasteiger partial charge in [0.05, 0.1) is 26.3 Å². The average Bonchev–Trinajstić information content (AvgIpc) is 2.77. The molecule has 7 nitrogen and oxygen atoms in total. The first-order valence-corrected chi connectivity index (χ1v) is 12.2. The molecular weight excluding hydrogens is 410 g/mol. The van der Waals surface area contributed by atoms with Gasteiger partial charge in [-0.2, -0.15) is 0 Å². The zero-order valence-electron chi connectivity index (χ0n) is 20.2. The Labute approximate surface area is 195 Å². The highest BCUT2D eigenvalue weighted by Gasteiger charge is 2.07. The Morgan fingerprint density at radius 3 is 1.72 bits per heavy atom. The average molecular weight is 458 g/mol. The van der Waals surface area contributed by atoms with Crippen LogP contribution in [-0.2, 0) is 14.4 Å².